The van der Waals surface area contributed by atoms with E-state index >= 15 is 0 Å². The lowest BCUT2D eigenvalue weighted by atomic mass is 10.1. The van der Waals surface area contributed by atoms with Crippen LogP contribution in [0.2, 0.25) is 0 Å². The van der Waals surface area contributed by atoms with E-state index in [-0.39, 0.29) is 4.90 Å². The van der Waals surface area contributed by atoms with Crippen LogP contribution in [-0.2, 0) is 28.0 Å². The molecule has 1 N–H and O–H groups in total. The molecule has 0 fully saturated rings. The van der Waals surface area contributed by atoms with E-state index in [1.165, 1.54) is 0 Å². The van der Waals surface area contributed by atoms with Crippen LogP contribution in [0.3, 0.4) is 0 Å². The normalized spacial score (nSPS) is 13.6. The fourth-order valence-corrected chi connectivity index (χ4v) is 3.80. The van der Waals surface area contributed by atoms with Gasteiger partial charge >= 0.3 is 0 Å². The van der Waals surface area contributed by atoms with Gasteiger partial charge in [0.1, 0.15) is 5.82 Å². The second-order valence-electron chi connectivity index (χ2n) is 5.61. The number of pyridine rings is 1. The molecular weight excluding hydrogens is 326 g/mol. The molecule has 2 heterocycles. The van der Waals surface area contributed by atoms with Crippen LogP contribution in [0.5, 0.6) is 0 Å². The van der Waals surface area contributed by atoms with Crippen molar-refractivity contribution in [2.75, 3.05) is 22.7 Å². The summed E-state index contributed by atoms with van der Waals surface area (Å²) in [5.41, 5.74) is 2.41. The zero-order chi connectivity index (χ0) is 17.2. The summed E-state index contributed by atoms with van der Waals surface area (Å²) in [6.07, 6.45) is 1.54. The number of benzene rings is 1. The number of hydrogen-bond acceptors (Lipinski definition) is 5. The Hall–Kier alpha value is -2.12. The number of sulfonamides is 1. The molecule has 0 atom stereocenters. The molecule has 1 aliphatic rings. The van der Waals surface area contributed by atoms with Gasteiger partial charge in [-0.3, -0.25) is 4.72 Å². The van der Waals surface area contributed by atoms with Crippen molar-refractivity contribution < 1.29 is 13.2 Å². The second kappa shape index (κ2) is 6.78. The third kappa shape index (κ3) is 3.37. The van der Waals surface area contributed by atoms with E-state index in [0.29, 0.717) is 18.9 Å². The van der Waals surface area contributed by atoms with Crippen LogP contribution in [0.4, 0.5) is 11.5 Å². The van der Waals surface area contributed by atoms with E-state index in [1.54, 1.807) is 30.5 Å². The predicted molar refractivity (Wildman–Crippen MR) is 93.5 cm³/mol. The second-order valence-corrected chi connectivity index (χ2v) is 7.29. The van der Waals surface area contributed by atoms with E-state index in [0.717, 1.165) is 30.0 Å². The highest BCUT2D eigenvalue weighted by Gasteiger charge is 2.19. The molecule has 24 heavy (non-hydrogen) atoms. The highest BCUT2D eigenvalue weighted by atomic mass is 32.2. The smallest absolute Gasteiger partial charge is 0.261 e. The summed E-state index contributed by atoms with van der Waals surface area (Å²) < 4.78 is 33.0. The molecule has 0 bridgehead atoms. The number of nitrogens with one attached hydrogen (secondary N) is 1. The quantitative estimate of drug-likeness (QED) is 0.870. The standard InChI is InChI=1S/C17H21N3O3S/c1-3-20(4-2)17-8-6-15(10-18-17)19-24(21,22)16-7-5-13-11-23-12-14(13)9-16/h5-10,19H,3-4,11-12H2,1-2H3. The minimum Gasteiger partial charge on any atom is -0.372 e. The number of ether oxygens (including phenoxy) is 1. The topological polar surface area (TPSA) is 71.5 Å². The van der Waals surface area contributed by atoms with Gasteiger partial charge in [0.15, 0.2) is 0 Å². The number of nitrogens with zero attached hydrogens (tertiary/aromatic N) is 2. The maximum absolute atomic E-state index is 12.5. The van der Waals surface area contributed by atoms with Gasteiger partial charge in [0.2, 0.25) is 0 Å². The van der Waals surface area contributed by atoms with Gasteiger partial charge in [-0.15, -0.1) is 0 Å². The van der Waals surface area contributed by atoms with Crippen molar-refractivity contribution in [1.29, 1.82) is 0 Å². The highest BCUT2D eigenvalue weighted by molar-refractivity contribution is 7.92. The number of hydrogen-bond donors (Lipinski definition) is 1. The van der Waals surface area contributed by atoms with Crippen molar-refractivity contribution in [2.45, 2.75) is 32.0 Å². The largest absolute Gasteiger partial charge is 0.372 e. The Labute approximate surface area is 142 Å². The van der Waals surface area contributed by atoms with Crippen molar-refractivity contribution >= 4 is 21.5 Å². The van der Waals surface area contributed by atoms with E-state index < -0.39 is 10.0 Å². The van der Waals surface area contributed by atoms with Crippen molar-refractivity contribution in [3.8, 4) is 0 Å². The van der Waals surface area contributed by atoms with Crippen molar-refractivity contribution in [1.82, 2.24) is 4.98 Å². The first-order valence-electron chi connectivity index (χ1n) is 7.97. The Morgan fingerprint density at radius 1 is 1.12 bits per heavy atom. The summed E-state index contributed by atoms with van der Waals surface area (Å²) in [6.45, 7) is 6.81. The summed E-state index contributed by atoms with van der Waals surface area (Å²) in [4.78, 5) is 6.67. The van der Waals surface area contributed by atoms with Crippen LogP contribution < -0.4 is 9.62 Å². The van der Waals surface area contributed by atoms with E-state index in [4.69, 9.17) is 4.74 Å². The Morgan fingerprint density at radius 3 is 2.54 bits per heavy atom. The zero-order valence-electron chi connectivity index (χ0n) is 13.8. The molecule has 0 spiro atoms. The fraction of sp³-hybridized carbons (Fsp3) is 0.353. The van der Waals surface area contributed by atoms with E-state index in [1.807, 2.05) is 6.07 Å². The summed E-state index contributed by atoms with van der Waals surface area (Å²) in [6, 6.07) is 8.63. The van der Waals surface area contributed by atoms with Gasteiger partial charge in [0, 0.05) is 13.1 Å². The van der Waals surface area contributed by atoms with Crippen LogP contribution in [0.25, 0.3) is 0 Å². The van der Waals surface area contributed by atoms with Gasteiger partial charge in [0.25, 0.3) is 10.0 Å². The van der Waals surface area contributed by atoms with Crippen molar-refractivity contribution in [3.05, 3.63) is 47.7 Å². The van der Waals surface area contributed by atoms with Crippen LogP contribution in [0.15, 0.2) is 41.4 Å². The molecule has 0 amide bonds. The van der Waals surface area contributed by atoms with Gasteiger partial charge in [-0.05, 0) is 49.2 Å². The zero-order valence-corrected chi connectivity index (χ0v) is 14.6. The maximum atomic E-state index is 12.5. The molecule has 2 aromatic rings. The number of aromatic nitrogens is 1. The number of rotatable bonds is 6. The van der Waals surface area contributed by atoms with E-state index in [9.17, 15) is 8.42 Å². The lowest BCUT2D eigenvalue weighted by Gasteiger charge is -2.19. The molecule has 1 aliphatic heterocycles. The average Bonchev–Trinajstić information content (AvgIpc) is 3.05. The molecule has 7 heteroatoms. The van der Waals surface area contributed by atoms with Crippen LogP contribution in [0.1, 0.15) is 25.0 Å². The third-order valence-electron chi connectivity index (χ3n) is 4.09. The molecule has 6 nitrogen and oxygen atoms in total. The Bertz CT molecular complexity index is 815. The van der Waals surface area contributed by atoms with Gasteiger partial charge in [-0.1, -0.05) is 6.07 Å². The fourth-order valence-electron chi connectivity index (χ4n) is 2.71. The third-order valence-corrected chi connectivity index (χ3v) is 5.47. The Balaban J connectivity index is 1.79. The van der Waals surface area contributed by atoms with Gasteiger partial charge in [0.05, 0.1) is 30.0 Å². The van der Waals surface area contributed by atoms with Gasteiger partial charge < -0.3 is 9.64 Å². The number of anilines is 2. The van der Waals surface area contributed by atoms with Crippen molar-refractivity contribution in [3.63, 3.8) is 0 Å². The molecule has 0 radical (unpaired) electrons. The van der Waals surface area contributed by atoms with Crippen molar-refractivity contribution in [2.24, 2.45) is 0 Å². The Kier molecular flexibility index (Phi) is 4.73. The first-order valence-corrected chi connectivity index (χ1v) is 9.45. The summed E-state index contributed by atoms with van der Waals surface area (Å²) in [5.74, 6) is 0.831. The first kappa shape index (κ1) is 16.7. The Morgan fingerprint density at radius 2 is 1.88 bits per heavy atom. The lowest BCUT2D eigenvalue weighted by molar-refractivity contribution is 0.134. The van der Waals surface area contributed by atoms with E-state index in [2.05, 4.69) is 28.5 Å². The minimum atomic E-state index is -3.64. The number of fused-ring (bicyclic) bond motifs is 1. The summed E-state index contributed by atoms with van der Waals surface area (Å²) in [7, 11) is -3.64. The van der Waals surface area contributed by atoms with Gasteiger partial charge in [-0.2, -0.15) is 0 Å². The predicted octanol–water partition coefficient (Wildman–Crippen LogP) is 2.76. The maximum Gasteiger partial charge on any atom is 0.261 e. The van der Waals surface area contributed by atoms with Crippen LogP contribution in [-0.4, -0.2) is 26.5 Å². The molecule has 0 saturated carbocycles. The minimum absolute atomic E-state index is 0.236. The molecule has 1 aromatic carbocycles. The lowest BCUT2D eigenvalue weighted by Crippen LogP contribution is -2.23. The molecule has 128 valence electrons. The first-order chi connectivity index (χ1) is 11.5. The molecule has 0 saturated heterocycles. The average molecular weight is 347 g/mol. The van der Waals surface area contributed by atoms with Gasteiger partial charge in [-0.25, -0.2) is 13.4 Å². The highest BCUT2D eigenvalue weighted by Crippen LogP contribution is 2.24. The molecule has 3 rings (SSSR count). The molecule has 0 aliphatic carbocycles. The SMILES string of the molecule is CCN(CC)c1ccc(NS(=O)(=O)c2ccc3c(c2)COC3)cn1. The summed E-state index contributed by atoms with van der Waals surface area (Å²) >= 11 is 0. The van der Waals surface area contributed by atoms with Crippen LogP contribution in [0, 0.1) is 0 Å². The monoisotopic (exact) mass is 347 g/mol. The van der Waals surface area contributed by atoms with Crippen LogP contribution >= 0.6 is 0 Å². The summed E-state index contributed by atoms with van der Waals surface area (Å²) in [5, 5.41) is 0. The molecule has 1 aromatic heterocycles. The molecular formula is C17H21N3O3S. The molecule has 0 unspecified atom stereocenters.